The van der Waals surface area contributed by atoms with Crippen LogP contribution in [0, 0.1) is 0 Å². The number of aliphatic hydroxyl groups is 1. The fourth-order valence-electron chi connectivity index (χ4n) is 2.14. The van der Waals surface area contributed by atoms with Gasteiger partial charge >= 0.3 is 0 Å². The molecule has 0 radical (unpaired) electrons. The number of nitrogens with zero attached hydrogens (tertiary/aromatic N) is 2. The van der Waals surface area contributed by atoms with Crippen LogP contribution < -0.4 is 0 Å². The molecule has 0 unspecified atom stereocenters. The van der Waals surface area contributed by atoms with Crippen LogP contribution in [0.5, 0.6) is 0 Å². The molecule has 0 aromatic carbocycles. The van der Waals surface area contributed by atoms with E-state index in [1.54, 1.807) is 4.90 Å². The van der Waals surface area contributed by atoms with Crippen LogP contribution in [0.2, 0.25) is 0 Å². The molecule has 0 spiro atoms. The van der Waals surface area contributed by atoms with Gasteiger partial charge in [-0.15, -0.1) is 0 Å². The molecule has 1 aliphatic rings. The largest absolute Gasteiger partial charge is 0.396 e. The Morgan fingerprint density at radius 2 is 2.05 bits per heavy atom. The van der Waals surface area contributed by atoms with E-state index in [1.165, 1.54) is 0 Å². The zero-order valence-corrected chi connectivity index (χ0v) is 12.5. The first-order valence-electron chi connectivity index (χ1n) is 7.25. The van der Waals surface area contributed by atoms with E-state index in [9.17, 15) is 4.79 Å². The van der Waals surface area contributed by atoms with Gasteiger partial charge in [0.05, 0.1) is 12.6 Å². The van der Waals surface area contributed by atoms with Crippen molar-refractivity contribution < 1.29 is 14.6 Å². The summed E-state index contributed by atoms with van der Waals surface area (Å²) in [5.41, 5.74) is 0. The zero-order chi connectivity index (χ0) is 14.3. The second-order valence-electron chi connectivity index (χ2n) is 5.52. The van der Waals surface area contributed by atoms with Crippen molar-refractivity contribution in [3.8, 4) is 0 Å². The molecule has 5 nitrogen and oxygen atoms in total. The molecular weight excluding hydrogens is 244 g/mol. The molecule has 1 fully saturated rings. The Labute approximate surface area is 116 Å². The Morgan fingerprint density at radius 3 is 2.58 bits per heavy atom. The molecule has 1 aliphatic heterocycles. The predicted octanol–water partition coefficient (Wildman–Crippen LogP) is 0.717. The molecule has 0 aromatic rings. The highest BCUT2D eigenvalue weighted by molar-refractivity contribution is 5.78. The van der Waals surface area contributed by atoms with Gasteiger partial charge in [0.25, 0.3) is 0 Å². The summed E-state index contributed by atoms with van der Waals surface area (Å²) < 4.78 is 5.68. The summed E-state index contributed by atoms with van der Waals surface area (Å²) in [6.07, 6.45) is 2.95. The molecule has 0 saturated carbocycles. The van der Waals surface area contributed by atoms with Gasteiger partial charge in [-0.3, -0.25) is 9.69 Å². The lowest BCUT2D eigenvalue weighted by Gasteiger charge is -2.33. The van der Waals surface area contributed by atoms with E-state index in [1.807, 2.05) is 20.9 Å². The van der Waals surface area contributed by atoms with Gasteiger partial charge in [0.1, 0.15) is 0 Å². The highest BCUT2D eigenvalue weighted by Crippen LogP contribution is 2.14. The number of ether oxygens (including phenoxy) is 1. The maximum atomic E-state index is 12.0. The number of carbonyl (C=O) groups excluding carboxylic acids is 1. The minimum Gasteiger partial charge on any atom is -0.396 e. The van der Waals surface area contributed by atoms with Crippen molar-refractivity contribution in [1.82, 2.24) is 9.80 Å². The van der Waals surface area contributed by atoms with Crippen LogP contribution in [0.3, 0.4) is 0 Å². The zero-order valence-electron chi connectivity index (χ0n) is 12.5. The van der Waals surface area contributed by atoms with Crippen LogP contribution in [-0.2, 0) is 9.53 Å². The van der Waals surface area contributed by atoms with Gasteiger partial charge in [-0.05, 0) is 33.1 Å². The van der Waals surface area contributed by atoms with Crippen molar-refractivity contribution in [2.45, 2.75) is 45.3 Å². The van der Waals surface area contributed by atoms with Gasteiger partial charge in [0.15, 0.2) is 0 Å². The number of amides is 1. The van der Waals surface area contributed by atoms with E-state index in [-0.39, 0.29) is 18.6 Å². The van der Waals surface area contributed by atoms with Crippen LogP contribution in [0.15, 0.2) is 0 Å². The Bertz CT molecular complexity index is 263. The van der Waals surface area contributed by atoms with Crippen LogP contribution in [0.1, 0.15) is 33.1 Å². The number of hydrogen-bond acceptors (Lipinski definition) is 4. The molecule has 1 amide bonds. The molecule has 112 valence electrons. The molecule has 19 heavy (non-hydrogen) atoms. The highest BCUT2D eigenvalue weighted by Gasteiger charge is 2.22. The second kappa shape index (κ2) is 8.51. The SMILES string of the molecule is CC(C)N(C)C(=O)CN1CCC(OCCCO)CC1. The fraction of sp³-hybridized carbons (Fsp3) is 0.929. The van der Waals surface area contributed by atoms with Gasteiger partial charge in [-0.2, -0.15) is 0 Å². The highest BCUT2D eigenvalue weighted by atomic mass is 16.5. The summed E-state index contributed by atoms with van der Waals surface area (Å²) in [7, 11) is 1.86. The Hall–Kier alpha value is -0.650. The number of carbonyl (C=O) groups is 1. The van der Waals surface area contributed by atoms with Crippen molar-refractivity contribution in [2.75, 3.05) is 39.9 Å². The van der Waals surface area contributed by atoms with Gasteiger partial charge < -0.3 is 14.7 Å². The average molecular weight is 272 g/mol. The summed E-state index contributed by atoms with van der Waals surface area (Å²) >= 11 is 0. The van der Waals surface area contributed by atoms with Crippen molar-refractivity contribution in [3.05, 3.63) is 0 Å². The van der Waals surface area contributed by atoms with Gasteiger partial charge in [0.2, 0.25) is 5.91 Å². The van der Waals surface area contributed by atoms with Crippen LogP contribution >= 0.6 is 0 Å². The van der Waals surface area contributed by atoms with E-state index < -0.39 is 0 Å². The van der Waals surface area contributed by atoms with Gasteiger partial charge in [-0.25, -0.2) is 0 Å². The minimum atomic E-state index is 0.189. The smallest absolute Gasteiger partial charge is 0.236 e. The molecule has 1 saturated heterocycles. The lowest BCUT2D eigenvalue weighted by molar-refractivity contribution is -0.133. The van der Waals surface area contributed by atoms with Crippen molar-refractivity contribution >= 4 is 5.91 Å². The topological polar surface area (TPSA) is 53.0 Å². The second-order valence-corrected chi connectivity index (χ2v) is 5.52. The van der Waals surface area contributed by atoms with Crippen LogP contribution in [0.4, 0.5) is 0 Å². The van der Waals surface area contributed by atoms with E-state index in [4.69, 9.17) is 9.84 Å². The molecule has 1 rings (SSSR count). The quantitative estimate of drug-likeness (QED) is 0.694. The Kier molecular flexibility index (Phi) is 7.34. The number of likely N-dealkylation sites (tertiary alicyclic amines) is 1. The maximum Gasteiger partial charge on any atom is 0.236 e. The number of likely N-dealkylation sites (N-methyl/N-ethyl adjacent to an activating group) is 1. The van der Waals surface area contributed by atoms with Crippen molar-refractivity contribution in [1.29, 1.82) is 0 Å². The van der Waals surface area contributed by atoms with E-state index in [0.717, 1.165) is 25.9 Å². The number of rotatable bonds is 7. The number of hydrogen-bond donors (Lipinski definition) is 1. The summed E-state index contributed by atoms with van der Waals surface area (Å²) in [6, 6.07) is 0.256. The molecule has 0 bridgehead atoms. The molecule has 0 aliphatic carbocycles. The van der Waals surface area contributed by atoms with E-state index in [2.05, 4.69) is 4.90 Å². The first kappa shape index (κ1) is 16.4. The maximum absolute atomic E-state index is 12.0. The Morgan fingerprint density at radius 1 is 1.42 bits per heavy atom. The third-order valence-corrected chi connectivity index (χ3v) is 3.72. The first-order valence-corrected chi connectivity index (χ1v) is 7.25. The fourth-order valence-corrected chi connectivity index (χ4v) is 2.14. The van der Waals surface area contributed by atoms with Crippen LogP contribution in [0.25, 0.3) is 0 Å². The summed E-state index contributed by atoms with van der Waals surface area (Å²) in [5.74, 6) is 0.189. The monoisotopic (exact) mass is 272 g/mol. The standard InChI is InChI=1S/C14H28N2O3/c1-12(2)15(3)14(18)11-16-7-5-13(6-8-16)19-10-4-9-17/h12-13,17H,4-11H2,1-3H3. The van der Waals surface area contributed by atoms with Gasteiger partial charge in [-0.1, -0.05) is 0 Å². The summed E-state index contributed by atoms with van der Waals surface area (Å²) in [5, 5.41) is 8.70. The predicted molar refractivity (Wildman–Crippen MR) is 75.0 cm³/mol. The summed E-state index contributed by atoms with van der Waals surface area (Å²) in [4.78, 5) is 16.0. The number of aliphatic hydroxyl groups excluding tert-OH is 1. The molecule has 5 heteroatoms. The Balaban J connectivity index is 2.21. The van der Waals surface area contributed by atoms with Crippen molar-refractivity contribution in [3.63, 3.8) is 0 Å². The van der Waals surface area contributed by atoms with E-state index >= 15 is 0 Å². The van der Waals surface area contributed by atoms with Gasteiger partial charge in [0, 0.05) is 39.4 Å². The first-order chi connectivity index (χ1) is 9.04. The lowest BCUT2D eigenvalue weighted by atomic mass is 10.1. The molecule has 1 N–H and O–H groups in total. The molecule has 0 atom stereocenters. The normalized spacial score (nSPS) is 17.9. The average Bonchev–Trinajstić information content (AvgIpc) is 2.40. The molecule has 0 aromatic heterocycles. The van der Waals surface area contributed by atoms with Crippen LogP contribution in [-0.4, -0.2) is 72.9 Å². The lowest BCUT2D eigenvalue weighted by Crippen LogP contribution is -2.45. The molecular formula is C14H28N2O3. The van der Waals surface area contributed by atoms with Crippen molar-refractivity contribution in [2.24, 2.45) is 0 Å². The minimum absolute atomic E-state index is 0.189. The third-order valence-electron chi connectivity index (χ3n) is 3.72. The molecule has 1 heterocycles. The third kappa shape index (κ3) is 5.89. The van der Waals surface area contributed by atoms with E-state index in [0.29, 0.717) is 25.7 Å². The summed E-state index contributed by atoms with van der Waals surface area (Å²) in [6.45, 7) is 7.23. The number of piperidine rings is 1.